The summed E-state index contributed by atoms with van der Waals surface area (Å²) in [5.74, 6) is 0.634. The van der Waals surface area contributed by atoms with Gasteiger partial charge in [-0.05, 0) is 50.4 Å². The molecule has 0 aromatic carbocycles. The van der Waals surface area contributed by atoms with Crippen molar-refractivity contribution in [2.45, 2.75) is 77.9 Å². The molecule has 2 bridgehead atoms. The van der Waals surface area contributed by atoms with Gasteiger partial charge < -0.3 is 10.2 Å². The topological polar surface area (TPSA) is 57.5 Å². The van der Waals surface area contributed by atoms with Gasteiger partial charge in [0.25, 0.3) is 0 Å². The Bertz CT molecular complexity index is 539. The number of carbonyl (C=O) groups is 1. The molecule has 7 atom stereocenters. The van der Waals surface area contributed by atoms with Gasteiger partial charge in [-0.3, -0.25) is 4.79 Å². The van der Waals surface area contributed by atoms with E-state index in [1.165, 1.54) is 0 Å². The highest BCUT2D eigenvalue weighted by molar-refractivity contribution is 5.85. The summed E-state index contributed by atoms with van der Waals surface area (Å²) in [5, 5.41) is 22.7. The van der Waals surface area contributed by atoms with Gasteiger partial charge in [0.05, 0.1) is 11.7 Å². The van der Waals surface area contributed by atoms with Crippen molar-refractivity contribution in [1.29, 1.82) is 0 Å². The number of aliphatic hydroxyl groups excluding tert-OH is 1. The van der Waals surface area contributed by atoms with E-state index < -0.39 is 22.5 Å². The van der Waals surface area contributed by atoms with E-state index in [0.717, 1.165) is 25.7 Å². The first-order valence-electron chi connectivity index (χ1n) is 9.12. The van der Waals surface area contributed by atoms with Crippen LogP contribution in [0.5, 0.6) is 0 Å². The molecule has 0 spiro atoms. The summed E-state index contributed by atoms with van der Waals surface area (Å²) in [7, 11) is 0. The normalized spacial score (nSPS) is 56.6. The minimum absolute atomic E-state index is 0.0970. The molecule has 2 N–H and O–H groups in total. The van der Waals surface area contributed by atoms with E-state index in [0.29, 0.717) is 24.5 Å². The molecule has 0 amide bonds. The van der Waals surface area contributed by atoms with Gasteiger partial charge >= 0.3 is 0 Å². The number of ketones is 1. The van der Waals surface area contributed by atoms with Crippen LogP contribution in [0.25, 0.3) is 0 Å². The van der Waals surface area contributed by atoms with E-state index >= 15 is 0 Å². The zero-order chi connectivity index (χ0) is 17.3. The van der Waals surface area contributed by atoms with Gasteiger partial charge in [-0.25, -0.2) is 0 Å². The first kappa shape index (κ1) is 17.2. The van der Waals surface area contributed by atoms with Gasteiger partial charge in [0.2, 0.25) is 0 Å². The number of hydrogen-bond acceptors (Lipinski definition) is 3. The zero-order valence-corrected chi connectivity index (χ0v) is 15.1. The number of aliphatic hydroxyl groups is 2. The summed E-state index contributed by atoms with van der Waals surface area (Å²) in [5.41, 5.74) is -2.38. The lowest BCUT2D eigenvalue weighted by Gasteiger charge is -2.62. The monoisotopic (exact) mass is 320 g/mol. The molecule has 0 radical (unpaired) electrons. The van der Waals surface area contributed by atoms with Crippen LogP contribution in [0, 0.1) is 28.1 Å². The molecule has 3 heteroatoms. The van der Waals surface area contributed by atoms with E-state index in [1.54, 1.807) is 6.92 Å². The standard InChI is InChI=1S/C20H32O3/c1-6-17(3)11-12-18(4)13(2)7-9-20(19(5,23)16(17)22)10-8-14(21)15(18)20/h6,13,15-16,22-23H,1,7-12H2,2-5H3. The maximum Gasteiger partial charge on any atom is 0.137 e. The molecule has 0 aromatic rings. The molecule has 130 valence electrons. The molecule has 3 aliphatic rings. The summed E-state index contributed by atoms with van der Waals surface area (Å²) in [6, 6.07) is 0. The average molecular weight is 320 g/mol. The van der Waals surface area contributed by atoms with Crippen molar-refractivity contribution in [1.82, 2.24) is 0 Å². The lowest BCUT2D eigenvalue weighted by Crippen LogP contribution is -2.66. The fourth-order valence-electron chi connectivity index (χ4n) is 6.29. The molecule has 0 aromatic heterocycles. The summed E-state index contributed by atoms with van der Waals surface area (Å²) in [6.07, 6.45) is 5.68. The maximum atomic E-state index is 12.8. The van der Waals surface area contributed by atoms with Crippen LogP contribution >= 0.6 is 0 Å². The quantitative estimate of drug-likeness (QED) is 0.727. The van der Waals surface area contributed by atoms with E-state index in [2.05, 4.69) is 20.4 Å². The number of rotatable bonds is 1. The second-order valence-electron chi connectivity index (χ2n) is 9.26. The Balaban J connectivity index is 2.22. The Hall–Kier alpha value is -0.670. The molecule has 0 heterocycles. The second-order valence-corrected chi connectivity index (χ2v) is 9.26. The molecular formula is C20H32O3. The van der Waals surface area contributed by atoms with Crippen molar-refractivity contribution in [2.24, 2.45) is 28.1 Å². The summed E-state index contributed by atoms with van der Waals surface area (Å²) < 4.78 is 0. The van der Waals surface area contributed by atoms with E-state index in [9.17, 15) is 15.0 Å². The molecule has 3 nitrogen and oxygen atoms in total. The second kappa shape index (κ2) is 4.92. The van der Waals surface area contributed by atoms with Crippen LogP contribution in [0.4, 0.5) is 0 Å². The molecule has 0 saturated heterocycles. The zero-order valence-electron chi connectivity index (χ0n) is 15.1. The van der Waals surface area contributed by atoms with Crippen molar-refractivity contribution in [3.05, 3.63) is 12.7 Å². The first-order chi connectivity index (χ1) is 10.6. The smallest absolute Gasteiger partial charge is 0.137 e. The van der Waals surface area contributed by atoms with E-state index in [1.807, 2.05) is 13.0 Å². The third-order valence-electron chi connectivity index (χ3n) is 8.33. The van der Waals surface area contributed by atoms with Crippen LogP contribution in [0.2, 0.25) is 0 Å². The number of Topliss-reactive ketones (excluding diaryl/α,β-unsaturated/α-hetero) is 1. The molecule has 3 rings (SSSR count). The van der Waals surface area contributed by atoms with Crippen molar-refractivity contribution >= 4 is 5.78 Å². The van der Waals surface area contributed by atoms with E-state index in [4.69, 9.17) is 0 Å². The van der Waals surface area contributed by atoms with Crippen molar-refractivity contribution in [3.8, 4) is 0 Å². The van der Waals surface area contributed by atoms with Gasteiger partial charge in [0, 0.05) is 23.2 Å². The molecule has 3 fully saturated rings. The summed E-state index contributed by atoms with van der Waals surface area (Å²) >= 11 is 0. The highest BCUT2D eigenvalue weighted by Crippen LogP contribution is 2.68. The van der Waals surface area contributed by atoms with Crippen LogP contribution in [-0.4, -0.2) is 27.7 Å². The molecule has 3 aliphatic carbocycles. The summed E-state index contributed by atoms with van der Waals surface area (Å²) in [4.78, 5) is 12.8. The SMILES string of the molecule is C=CC1(C)CCC2(C)C(C)CCC3(CCC(=O)C23)C(C)(O)C1O. The van der Waals surface area contributed by atoms with Gasteiger partial charge in [0.1, 0.15) is 5.78 Å². The Morgan fingerprint density at radius 1 is 1.17 bits per heavy atom. The third kappa shape index (κ3) is 1.93. The Morgan fingerprint density at radius 3 is 2.43 bits per heavy atom. The number of hydrogen-bond donors (Lipinski definition) is 2. The lowest BCUT2D eigenvalue weighted by molar-refractivity contribution is -0.234. The Labute approximate surface area is 140 Å². The maximum absolute atomic E-state index is 12.8. The highest BCUT2D eigenvalue weighted by Gasteiger charge is 2.69. The van der Waals surface area contributed by atoms with Gasteiger partial charge in [-0.1, -0.05) is 26.8 Å². The molecule has 7 unspecified atom stereocenters. The van der Waals surface area contributed by atoms with Crippen molar-refractivity contribution in [2.75, 3.05) is 0 Å². The van der Waals surface area contributed by atoms with E-state index in [-0.39, 0.29) is 11.3 Å². The van der Waals surface area contributed by atoms with Crippen LogP contribution in [0.1, 0.15) is 66.2 Å². The van der Waals surface area contributed by atoms with Gasteiger partial charge in [-0.2, -0.15) is 0 Å². The van der Waals surface area contributed by atoms with Gasteiger partial charge in [0.15, 0.2) is 0 Å². The first-order valence-corrected chi connectivity index (χ1v) is 9.12. The van der Waals surface area contributed by atoms with Crippen LogP contribution < -0.4 is 0 Å². The molecule has 23 heavy (non-hydrogen) atoms. The highest BCUT2D eigenvalue weighted by atomic mass is 16.3. The van der Waals surface area contributed by atoms with Crippen molar-refractivity contribution < 1.29 is 15.0 Å². The largest absolute Gasteiger partial charge is 0.389 e. The minimum Gasteiger partial charge on any atom is -0.389 e. The molecular weight excluding hydrogens is 288 g/mol. The average Bonchev–Trinajstić information content (AvgIpc) is 2.87. The summed E-state index contributed by atoms with van der Waals surface area (Å²) in [6.45, 7) is 12.2. The Morgan fingerprint density at radius 2 is 1.83 bits per heavy atom. The predicted molar refractivity (Wildman–Crippen MR) is 90.8 cm³/mol. The third-order valence-corrected chi connectivity index (χ3v) is 8.33. The fourth-order valence-corrected chi connectivity index (χ4v) is 6.29. The lowest BCUT2D eigenvalue weighted by atomic mass is 9.43. The molecule has 0 aliphatic heterocycles. The molecule has 3 saturated carbocycles. The Kier molecular flexibility index (Phi) is 3.67. The fraction of sp³-hybridized carbons (Fsp3) is 0.850. The van der Waals surface area contributed by atoms with Crippen LogP contribution in [0.15, 0.2) is 12.7 Å². The minimum atomic E-state index is -1.27. The van der Waals surface area contributed by atoms with Crippen LogP contribution in [-0.2, 0) is 4.79 Å². The predicted octanol–water partition coefficient (Wildman–Crippen LogP) is 3.49. The van der Waals surface area contributed by atoms with Crippen molar-refractivity contribution in [3.63, 3.8) is 0 Å². The number of carbonyl (C=O) groups excluding carboxylic acids is 1. The van der Waals surface area contributed by atoms with Gasteiger partial charge in [-0.15, -0.1) is 6.58 Å². The van der Waals surface area contributed by atoms with Crippen LogP contribution in [0.3, 0.4) is 0 Å².